The van der Waals surface area contributed by atoms with E-state index in [-0.39, 0.29) is 11.3 Å². The van der Waals surface area contributed by atoms with Crippen LogP contribution in [0.2, 0.25) is 0 Å². The summed E-state index contributed by atoms with van der Waals surface area (Å²) in [6.45, 7) is 6.36. The van der Waals surface area contributed by atoms with Crippen molar-refractivity contribution in [1.29, 1.82) is 0 Å². The number of esters is 1. The molecule has 0 aliphatic carbocycles. The Kier molecular flexibility index (Phi) is 7.15. The lowest BCUT2D eigenvalue weighted by atomic mass is 9.87. The molecular formula is C30H28N2O4. The Balaban J connectivity index is 1.57. The van der Waals surface area contributed by atoms with Gasteiger partial charge < -0.3 is 9.47 Å². The maximum Gasteiger partial charge on any atom is 0.343 e. The third-order valence-electron chi connectivity index (χ3n) is 5.83. The Hall–Kier alpha value is -4.45. The van der Waals surface area contributed by atoms with Crippen molar-refractivity contribution in [3.05, 3.63) is 107 Å². The zero-order valence-electron chi connectivity index (χ0n) is 20.7. The first-order chi connectivity index (χ1) is 17.3. The van der Waals surface area contributed by atoms with Gasteiger partial charge >= 0.3 is 5.97 Å². The summed E-state index contributed by atoms with van der Waals surface area (Å²) in [7, 11) is 1.56. The fraction of sp³-hybridized carbons (Fsp3) is 0.167. The van der Waals surface area contributed by atoms with Crippen LogP contribution < -0.4 is 14.9 Å². The lowest BCUT2D eigenvalue weighted by molar-refractivity contribution is 0.0734. The molecule has 0 spiro atoms. The Morgan fingerprint density at radius 1 is 0.833 bits per heavy atom. The summed E-state index contributed by atoms with van der Waals surface area (Å²) in [5.41, 5.74) is 5.19. The molecule has 6 heteroatoms. The number of carbonyl (C=O) groups excluding carboxylic acids is 2. The number of carbonyl (C=O) groups is 2. The summed E-state index contributed by atoms with van der Waals surface area (Å²) in [4.78, 5) is 25.4. The molecule has 1 N–H and O–H groups in total. The first kappa shape index (κ1) is 24.7. The number of benzene rings is 4. The molecule has 0 aromatic heterocycles. The minimum absolute atomic E-state index is 0.00117. The van der Waals surface area contributed by atoms with Gasteiger partial charge in [-0.2, -0.15) is 5.10 Å². The van der Waals surface area contributed by atoms with Gasteiger partial charge in [-0.15, -0.1) is 0 Å². The predicted octanol–water partition coefficient (Wildman–Crippen LogP) is 6.13. The van der Waals surface area contributed by atoms with E-state index in [4.69, 9.17) is 9.47 Å². The monoisotopic (exact) mass is 480 g/mol. The van der Waals surface area contributed by atoms with Crippen molar-refractivity contribution in [3.63, 3.8) is 0 Å². The minimum Gasteiger partial charge on any atom is -0.497 e. The lowest BCUT2D eigenvalue weighted by Gasteiger charge is -2.18. The van der Waals surface area contributed by atoms with Crippen molar-refractivity contribution in [2.75, 3.05) is 7.11 Å². The average molecular weight is 481 g/mol. The van der Waals surface area contributed by atoms with Crippen LogP contribution in [0.5, 0.6) is 11.5 Å². The molecule has 1 amide bonds. The molecule has 0 aliphatic heterocycles. The molecule has 0 aliphatic rings. The highest BCUT2D eigenvalue weighted by atomic mass is 16.5. The Morgan fingerprint density at radius 3 is 2.17 bits per heavy atom. The molecule has 0 fully saturated rings. The molecular weight excluding hydrogens is 452 g/mol. The third kappa shape index (κ3) is 5.61. The average Bonchev–Trinajstić information content (AvgIpc) is 2.89. The molecule has 0 bridgehead atoms. The zero-order chi connectivity index (χ0) is 25.7. The standard InChI is InChI=1S/C30H28N2O4/c1-30(2,3)23-14-9-21(10-15-23)28(33)32-31-19-26-25-8-6-5-7-20(25)13-18-27(26)36-29(34)22-11-16-24(35-4)17-12-22/h5-19H,1-4H3,(H,32,33)/b31-19+. The van der Waals surface area contributed by atoms with Crippen LogP contribution in [0.1, 0.15) is 52.6 Å². The summed E-state index contributed by atoms with van der Waals surface area (Å²) >= 11 is 0. The van der Waals surface area contributed by atoms with Crippen molar-refractivity contribution in [1.82, 2.24) is 5.43 Å². The molecule has 4 rings (SSSR count). The van der Waals surface area contributed by atoms with E-state index < -0.39 is 5.97 Å². The van der Waals surface area contributed by atoms with Crippen molar-refractivity contribution in [2.45, 2.75) is 26.2 Å². The van der Waals surface area contributed by atoms with Crippen LogP contribution in [-0.2, 0) is 5.41 Å². The van der Waals surface area contributed by atoms with Crippen LogP contribution in [0.3, 0.4) is 0 Å². The highest BCUT2D eigenvalue weighted by Crippen LogP contribution is 2.28. The van der Waals surface area contributed by atoms with E-state index in [0.29, 0.717) is 28.2 Å². The highest BCUT2D eigenvalue weighted by molar-refractivity contribution is 6.04. The van der Waals surface area contributed by atoms with Crippen molar-refractivity contribution in [2.24, 2.45) is 5.10 Å². The molecule has 0 radical (unpaired) electrons. The number of amides is 1. The van der Waals surface area contributed by atoms with Crippen LogP contribution in [-0.4, -0.2) is 25.2 Å². The van der Waals surface area contributed by atoms with Crippen LogP contribution in [0.15, 0.2) is 90.0 Å². The van der Waals surface area contributed by atoms with Gasteiger partial charge in [0.25, 0.3) is 5.91 Å². The van der Waals surface area contributed by atoms with Gasteiger partial charge in [0.15, 0.2) is 0 Å². The van der Waals surface area contributed by atoms with Gasteiger partial charge in [0.2, 0.25) is 0 Å². The van der Waals surface area contributed by atoms with Gasteiger partial charge in [0.1, 0.15) is 11.5 Å². The SMILES string of the molecule is COc1ccc(C(=O)Oc2ccc3ccccc3c2/C=N/NC(=O)c2ccc(C(C)(C)C)cc2)cc1. The normalized spacial score (nSPS) is 11.4. The molecule has 0 unspecified atom stereocenters. The molecule has 4 aromatic rings. The summed E-state index contributed by atoms with van der Waals surface area (Å²) < 4.78 is 10.9. The van der Waals surface area contributed by atoms with E-state index >= 15 is 0 Å². The number of nitrogens with one attached hydrogen (secondary N) is 1. The molecule has 36 heavy (non-hydrogen) atoms. The van der Waals surface area contributed by atoms with E-state index in [1.54, 1.807) is 49.6 Å². The fourth-order valence-corrected chi connectivity index (χ4v) is 3.73. The van der Waals surface area contributed by atoms with Gasteiger partial charge in [-0.3, -0.25) is 4.79 Å². The van der Waals surface area contributed by atoms with Crippen LogP contribution in [0.25, 0.3) is 10.8 Å². The second-order valence-electron chi connectivity index (χ2n) is 9.34. The fourth-order valence-electron chi connectivity index (χ4n) is 3.73. The van der Waals surface area contributed by atoms with Gasteiger partial charge in [-0.1, -0.05) is 63.2 Å². The van der Waals surface area contributed by atoms with E-state index in [9.17, 15) is 9.59 Å². The largest absolute Gasteiger partial charge is 0.497 e. The molecule has 4 aromatic carbocycles. The smallest absolute Gasteiger partial charge is 0.343 e. The molecule has 0 saturated carbocycles. The molecule has 0 saturated heterocycles. The van der Waals surface area contributed by atoms with Crippen molar-refractivity contribution in [3.8, 4) is 11.5 Å². The van der Waals surface area contributed by atoms with Crippen LogP contribution in [0, 0.1) is 0 Å². The van der Waals surface area contributed by atoms with Crippen molar-refractivity contribution >= 4 is 28.9 Å². The Bertz CT molecular complexity index is 1420. The molecule has 0 atom stereocenters. The van der Waals surface area contributed by atoms with Crippen LogP contribution >= 0.6 is 0 Å². The second kappa shape index (κ2) is 10.4. The minimum atomic E-state index is -0.509. The topological polar surface area (TPSA) is 77.0 Å². The molecule has 0 heterocycles. The molecule has 6 nitrogen and oxygen atoms in total. The quantitative estimate of drug-likeness (QED) is 0.156. The summed E-state index contributed by atoms with van der Waals surface area (Å²) in [5.74, 6) is 0.144. The number of hydrazone groups is 1. The van der Waals surface area contributed by atoms with Gasteiger partial charge in [0, 0.05) is 11.1 Å². The summed E-state index contributed by atoms with van der Waals surface area (Å²) in [6, 6.07) is 25.4. The number of fused-ring (bicyclic) bond motifs is 1. The maximum atomic E-state index is 12.8. The Labute approximate surface area is 210 Å². The predicted molar refractivity (Wildman–Crippen MR) is 142 cm³/mol. The van der Waals surface area contributed by atoms with Crippen molar-refractivity contribution < 1.29 is 19.1 Å². The van der Waals surface area contributed by atoms with E-state index in [2.05, 4.69) is 31.3 Å². The summed E-state index contributed by atoms with van der Waals surface area (Å²) in [6.07, 6.45) is 1.50. The van der Waals surface area contributed by atoms with E-state index in [0.717, 1.165) is 16.3 Å². The third-order valence-corrected chi connectivity index (χ3v) is 5.83. The van der Waals surface area contributed by atoms with Gasteiger partial charge in [-0.25, -0.2) is 10.2 Å². The number of rotatable bonds is 6. The number of hydrogen-bond acceptors (Lipinski definition) is 5. The first-order valence-corrected chi connectivity index (χ1v) is 11.6. The lowest BCUT2D eigenvalue weighted by Crippen LogP contribution is -2.18. The highest BCUT2D eigenvalue weighted by Gasteiger charge is 2.15. The Morgan fingerprint density at radius 2 is 1.50 bits per heavy atom. The van der Waals surface area contributed by atoms with Crippen LogP contribution in [0.4, 0.5) is 0 Å². The van der Waals surface area contributed by atoms with E-state index in [1.807, 2.05) is 42.5 Å². The van der Waals surface area contributed by atoms with Gasteiger partial charge in [-0.05, 0) is 64.2 Å². The number of nitrogens with zero attached hydrogens (tertiary/aromatic N) is 1. The number of hydrogen-bond donors (Lipinski definition) is 1. The number of ether oxygens (including phenoxy) is 2. The second-order valence-corrected chi connectivity index (χ2v) is 9.34. The van der Waals surface area contributed by atoms with E-state index in [1.165, 1.54) is 6.21 Å². The number of methoxy groups -OCH3 is 1. The first-order valence-electron chi connectivity index (χ1n) is 11.6. The molecule has 182 valence electrons. The maximum absolute atomic E-state index is 12.8. The zero-order valence-corrected chi connectivity index (χ0v) is 20.7. The van der Waals surface area contributed by atoms with Gasteiger partial charge in [0.05, 0.1) is 18.9 Å². The summed E-state index contributed by atoms with van der Waals surface area (Å²) in [5, 5.41) is 5.96.